The van der Waals surface area contributed by atoms with Crippen molar-refractivity contribution in [3.63, 3.8) is 0 Å². The summed E-state index contributed by atoms with van der Waals surface area (Å²) < 4.78 is 0. The summed E-state index contributed by atoms with van der Waals surface area (Å²) in [6.07, 6.45) is -0.897. The number of ketones is 2. The lowest BCUT2D eigenvalue weighted by atomic mass is 10.0. The van der Waals surface area contributed by atoms with E-state index < -0.39 is 6.10 Å². The van der Waals surface area contributed by atoms with Crippen molar-refractivity contribution >= 4 is 11.6 Å². The molecule has 1 unspecified atom stereocenters. The Morgan fingerprint density at radius 1 is 1.27 bits per heavy atom. The van der Waals surface area contributed by atoms with E-state index in [0.29, 0.717) is 5.56 Å². The first-order valence-electron chi connectivity index (χ1n) is 4.83. The van der Waals surface area contributed by atoms with Crippen molar-refractivity contribution in [2.75, 3.05) is 0 Å². The van der Waals surface area contributed by atoms with Crippen molar-refractivity contribution in [1.29, 1.82) is 0 Å². The van der Waals surface area contributed by atoms with Gasteiger partial charge in [-0.2, -0.15) is 0 Å². The van der Waals surface area contributed by atoms with Gasteiger partial charge in [-0.25, -0.2) is 0 Å². The maximum atomic E-state index is 11.3. The van der Waals surface area contributed by atoms with Gasteiger partial charge in [-0.3, -0.25) is 9.59 Å². The Morgan fingerprint density at radius 2 is 1.87 bits per heavy atom. The molecule has 0 heterocycles. The highest BCUT2D eigenvalue weighted by Gasteiger charge is 2.13. The number of Topliss-reactive ketones (excluding diaryl/α,β-unsaturated/α-hetero) is 2. The molecule has 1 aromatic carbocycles. The fraction of sp³-hybridized carbons (Fsp3) is 0.333. The van der Waals surface area contributed by atoms with Crippen LogP contribution in [0.15, 0.2) is 30.3 Å². The number of aliphatic hydroxyl groups excluding tert-OH is 1. The minimum atomic E-state index is -0.807. The van der Waals surface area contributed by atoms with E-state index in [0.717, 1.165) is 0 Å². The van der Waals surface area contributed by atoms with E-state index in [1.807, 2.05) is 6.07 Å². The lowest BCUT2D eigenvalue weighted by Gasteiger charge is -2.08. The van der Waals surface area contributed by atoms with E-state index >= 15 is 0 Å². The first-order valence-corrected chi connectivity index (χ1v) is 4.83. The quantitative estimate of drug-likeness (QED) is 0.745. The predicted octanol–water partition coefficient (Wildman–Crippen LogP) is 1.66. The zero-order chi connectivity index (χ0) is 11.3. The van der Waals surface area contributed by atoms with Gasteiger partial charge in [0.2, 0.25) is 0 Å². The summed E-state index contributed by atoms with van der Waals surface area (Å²) in [7, 11) is 0. The SMILES string of the molecule is CC(=O)CC(=O)CC(O)c1ccccc1. The number of hydrogen-bond donors (Lipinski definition) is 1. The summed E-state index contributed by atoms with van der Waals surface area (Å²) >= 11 is 0. The maximum absolute atomic E-state index is 11.3. The molecule has 3 heteroatoms. The van der Waals surface area contributed by atoms with E-state index in [1.165, 1.54) is 6.92 Å². The third kappa shape index (κ3) is 4.04. The van der Waals surface area contributed by atoms with Crippen LogP contribution in [0.2, 0.25) is 0 Å². The molecule has 1 atom stereocenters. The van der Waals surface area contributed by atoms with Gasteiger partial charge in [0.1, 0.15) is 11.6 Å². The number of aliphatic hydroxyl groups is 1. The van der Waals surface area contributed by atoms with E-state index in [1.54, 1.807) is 24.3 Å². The number of benzene rings is 1. The molecule has 0 aliphatic heterocycles. The van der Waals surface area contributed by atoms with Crippen molar-refractivity contribution in [3.05, 3.63) is 35.9 Å². The van der Waals surface area contributed by atoms with Gasteiger partial charge in [0.25, 0.3) is 0 Å². The number of carbonyl (C=O) groups excluding carboxylic acids is 2. The van der Waals surface area contributed by atoms with Gasteiger partial charge in [0, 0.05) is 6.42 Å². The van der Waals surface area contributed by atoms with Crippen LogP contribution in [0.1, 0.15) is 31.4 Å². The second-order valence-corrected chi connectivity index (χ2v) is 3.55. The molecule has 0 aromatic heterocycles. The predicted molar refractivity (Wildman–Crippen MR) is 56.3 cm³/mol. The fourth-order valence-electron chi connectivity index (χ4n) is 1.36. The standard InChI is InChI=1S/C12H14O3/c1-9(13)7-11(14)8-12(15)10-5-3-2-4-6-10/h2-6,12,15H,7-8H2,1H3. The molecule has 3 nitrogen and oxygen atoms in total. The van der Waals surface area contributed by atoms with Gasteiger partial charge < -0.3 is 5.11 Å². The third-order valence-electron chi connectivity index (χ3n) is 2.05. The zero-order valence-corrected chi connectivity index (χ0v) is 8.64. The highest BCUT2D eigenvalue weighted by atomic mass is 16.3. The van der Waals surface area contributed by atoms with Crippen molar-refractivity contribution in [2.24, 2.45) is 0 Å². The van der Waals surface area contributed by atoms with Crippen LogP contribution < -0.4 is 0 Å². The van der Waals surface area contributed by atoms with Crippen molar-refractivity contribution in [1.82, 2.24) is 0 Å². The lowest BCUT2D eigenvalue weighted by molar-refractivity contribution is -0.127. The van der Waals surface area contributed by atoms with Crippen LogP contribution in [0.3, 0.4) is 0 Å². The van der Waals surface area contributed by atoms with Crippen LogP contribution in [0.4, 0.5) is 0 Å². The number of rotatable bonds is 5. The molecule has 0 aliphatic rings. The minimum absolute atomic E-state index is 0.00356. The van der Waals surface area contributed by atoms with Gasteiger partial charge in [-0.1, -0.05) is 30.3 Å². The van der Waals surface area contributed by atoms with E-state index in [9.17, 15) is 14.7 Å². The minimum Gasteiger partial charge on any atom is -0.388 e. The molecule has 0 saturated carbocycles. The van der Waals surface area contributed by atoms with Crippen LogP contribution >= 0.6 is 0 Å². The normalized spacial score (nSPS) is 12.1. The average Bonchev–Trinajstić information content (AvgIpc) is 2.17. The highest BCUT2D eigenvalue weighted by Crippen LogP contribution is 2.16. The van der Waals surface area contributed by atoms with Crippen molar-refractivity contribution in [3.8, 4) is 0 Å². The van der Waals surface area contributed by atoms with Crippen molar-refractivity contribution in [2.45, 2.75) is 25.9 Å². The van der Waals surface area contributed by atoms with Crippen LogP contribution in [-0.2, 0) is 9.59 Å². The molecule has 15 heavy (non-hydrogen) atoms. The molecule has 0 spiro atoms. The molecular weight excluding hydrogens is 192 g/mol. The molecule has 0 saturated heterocycles. The Balaban J connectivity index is 2.53. The molecule has 1 aromatic rings. The molecule has 1 rings (SSSR count). The Bertz CT molecular complexity index is 343. The van der Waals surface area contributed by atoms with Gasteiger partial charge in [-0.05, 0) is 12.5 Å². The van der Waals surface area contributed by atoms with Crippen LogP contribution in [0.5, 0.6) is 0 Å². The lowest BCUT2D eigenvalue weighted by Crippen LogP contribution is -2.09. The number of carbonyl (C=O) groups is 2. The average molecular weight is 206 g/mol. The zero-order valence-electron chi connectivity index (χ0n) is 8.64. The largest absolute Gasteiger partial charge is 0.388 e. The first kappa shape index (κ1) is 11.6. The summed E-state index contributed by atoms with van der Waals surface area (Å²) in [4.78, 5) is 21.9. The van der Waals surface area contributed by atoms with Crippen LogP contribution in [-0.4, -0.2) is 16.7 Å². The molecule has 80 valence electrons. The number of hydrogen-bond acceptors (Lipinski definition) is 3. The fourth-order valence-corrected chi connectivity index (χ4v) is 1.36. The summed E-state index contributed by atoms with van der Waals surface area (Å²) in [6.45, 7) is 1.37. The van der Waals surface area contributed by atoms with Gasteiger partial charge in [0.05, 0.1) is 12.5 Å². The van der Waals surface area contributed by atoms with Crippen LogP contribution in [0.25, 0.3) is 0 Å². The summed E-state index contributed by atoms with van der Waals surface area (Å²) in [5.74, 6) is -0.390. The summed E-state index contributed by atoms with van der Waals surface area (Å²) in [6, 6.07) is 8.95. The third-order valence-corrected chi connectivity index (χ3v) is 2.05. The van der Waals surface area contributed by atoms with Crippen LogP contribution in [0, 0.1) is 0 Å². The topological polar surface area (TPSA) is 54.4 Å². The smallest absolute Gasteiger partial charge is 0.143 e. The Labute approximate surface area is 88.7 Å². The Hall–Kier alpha value is -1.48. The first-order chi connectivity index (χ1) is 7.09. The van der Waals surface area contributed by atoms with E-state index in [4.69, 9.17) is 0 Å². The molecular formula is C12H14O3. The van der Waals surface area contributed by atoms with Gasteiger partial charge in [0.15, 0.2) is 0 Å². The Morgan fingerprint density at radius 3 is 2.40 bits per heavy atom. The monoisotopic (exact) mass is 206 g/mol. The van der Waals surface area contributed by atoms with E-state index in [2.05, 4.69) is 0 Å². The summed E-state index contributed by atoms with van der Waals surface area (Å²) in [5, 5.41) is 9.67. The molecule has 1 N–H and O–H groups in total. The summed E-state index contributed by atoms with van der Waals surface area (Å²) in [5.41, 5.74) is 0.703. The van der Waals surface area contributed by atoms with Gasteiger partial charge >= 0.3 is 0 Å². The van der Waals surface area contributed by atoms with Gasteiger partial charge in [-0.15, -0.1) is 0 Å². The highest BCUT2D eigenvalue weighted by molar-refractivity contribution is 5.98. The maximum Gasteiger partial charge on any atom is 0.143 e. The molecule has 0 radical (unpaired) electrons. The molecule has 0 amide bonds. The van der Waals surface area contributed by atoms with E-state index in [-0.39, 0.29) is 24.4 Å². The molecule has 0 aliphatic carbocycles. The second-order valence-electron chi connectivity index (χ2n) is 3.55. The van der Waals surface area contributed by atoms with Crippen molar-refractivity contribution < 1.29 is 14.7 Å². The Kier molecular flexibility index (Phi) is 4.18. The second kappa shape index (κ2) is 5.41. The molecule has 0 bridgehead atoms. The molecule has 0 fully saturated rings.